The molecule has 2 aromatic carbocycles. The first-order chi connectivity index (χ1) is 12.2. The molecule has 0 radical (unpaired) electrons. The minimum Gasteiger partial charge on any atom is -0.493 e. The Bertz CT molecular complexity index is 773. The van der Waals surface area contributed by atoms with Crippen LogP contribution in [0, 0.1) is 0 Å². The van der Waals surface area contributed by atoms with E-state index >= 15 is 0 Å². The van der Waals surface area contributed by atoms with E-state index in [-0.39, 0.29) is 6.10 Å². The lowest BCUT2D eigenvalue weighted by molar-refractivity contribution is 0.164. The molecule has 1 unspecified atom stereocenters. The van der Waals surface area contributed by atoms with Gasteiger partial charge in [-0.25, -0.2) is 4.98 Å². The van der Waals surface area contributed by atoms with Crippen molar-refractivity contribution in [3.63, 3.8) is 0 Å². The second-order valence-corrected chi connectivity index (χ2v) is 6.25. The van der Waals surface area contributed by atoms with Crippen molar-refractivity contribution in [3.05, 3.63) is 77.8 Å². The van der Waals surface area contributed by atoms with Crippen LogP contribution in [0.15, 0.2) is 67.3 Å². The number of aryl methyl sites for hydroxylation is 1. The summed E-state index contributed by atoms with van der Waals surface area (Å²) < 4.78 is 13.7. The number of imidazole rings is 1. The highest BCUT2D eigenvalue weighted by atomic mass is 35.5. The fraction of sp³-hybridized carbons (Fsp3) is 0.250. The van der Waals surface area contributed by atoms with Crippen LogP contribution in [0.5, 0.6) is 11.5 Å². The van der Waals surface area contributed by atoms with E-state index in [1.165, 1.54) is 5.56 Å². The van der Waals surface area contributed by atoms with Crippen molar-refractivity contribution in [2.45, 2.75) is 25.5 Å². The van der Waals surface area contributed by atoms with E-state index in [1.54, 1.807) is 19.6 Å². The first kappa shape index (κ1) is 17.4. The average molecular weight is 357 g/mol. The lowest BCUT2D eigenvalue weighted by Crippen LogP contribution is -2.23. The summed E-state index contributed by atoms with van der Waals surface area (Å²) >= 11 is 5.96. The standard InChI is InChI=1S/C20H21ClN2O2/c1-24-19-4-2-3-5-20(19)25-18(14-23-13-12-22-15-23)11-8-16-6-9-17(21)10-7-16/h2-7,9-10,12-13,15,18H,8,11,14H2,1H3. The first-order valence-electron chi connectivity index (χ1n) is 8.24. The fourth-order valence-corrected chi connectivity index (χ4v) is 2.82. The predicted octanol–water partition coefficient (Wildman–Crippen LogP) is 4.63. The van der Waals surface area contributed by atoms with Crippen molar-refractivity contribution in [2.75, 3.05) is 7.11 Å². The normalized spacial score (nSPS) is 11.9. The van der Waals surface area contributed by atoms with E-state index in [0.717, 1.165) is 35.9 Å². The van der Waals surface area contributed by atoms with Gasteiger partial charge in [-0.3, -0.25) is 0 Å². The van der Waals surface area contributed by atoms with Crippen molar-refractivity contribution >= 4 is 11.6 Å². The zero-order valence-electron chi connectivity index (χ0n) is 14.1. The van der Waals surface area contributed by atoms with Crippen molar-refractivity contribution in [3.8, 4) is 11.5 Å². The highest BCUT2D eigenvalue weighted by Gasteiger charge is 2.14. The molecular formula is C20H21ClN2O2. The SMILES string of the molecule is COc1ccccc1OC(CCc1ccc(Cl)cc1)Cn1ccnc1. The number of nitrogens with zero attached hydrogens (tertiary/aromatic N) is 2. The molecule has 4 nitrogen and oxygen atoms in total. The number of methoxy groups -OCH3 is 1. The largest absolute Gasteiger partial charge is 0.493 e. The molecule has 130 valence electrons. The lowest BCUT2D eigenvalue weighted by atomic mass is 10.1. The quantitative estimate of drug-likeness (QED) is 0.590. The summed E-state index contributed by atoms with van der Waals surface area (Å²) in [5.41, 5.74) is 1.24. The van der Waals surface area contributed by atoms with Crippen LogP contribution in [0.3, 0.4) is 0 Å². The van der Waals surface area contributed by atoms with E-state index in [0.29, 0.717) is 0 Å². The highest BCUT2D eigenvalue weighted by molar-refractivity contribution is 6.30. The van der Waals surface area contributed by atoms with E-state index in [4.69, 9.17) is 21.1 Å². The second-order valence-electron chi connectivity index (χ2n) is 5.82. The summed E-state index contributed by atoms with van der Waals surface area (Å²) in [6.07, 6.45) is 7.31. The molecule has 0 bridgehead atoms. The van der Waals surface area contributed by atoms with Gasteiger partial charge in [0.25, 0.3) is 0 Å². The topological polar surface area (TPSA) is 36.3 Å². The zero-order chi connectivity index (χ0) is 17.5. The molecule has 0 aliphatic heterocycles. The Morgan fingerprint density at radius 3 is 2.52 bits per heavy atom. The smallest absolute Gasteiger partial charge is 0.161 e. The van der Waals surface area contributed by atoms with Crippen LogP contribution in [0.1, 0.15) is 12.0 Å². The Balaban J connectivity index is 1.71. The Hall–Kier alpha value is -2.46. The summed E-state index contributed by atoms with van der Waals surface area (Å²) in [6.45, 7) is 0.728. The van der Waals surface area contributed by atoms with Crippen LogP contribution in [-0.2, 0) is 13.0 Å². The molecule has 0 fully saturated rings. The maximum atomic E-state index is 6.26. The maximum absolute atomic E-state index is 6.26. The molecule has 0 aliphatic carbocycles. The molecule has 1 aromatic heterocycles. The number of rotatable bonds is 8. The van der Waals surface area contributed by atoms with E-state index in [2.05, 4.69) is 17.1 Å². The Kier molecular flexibility index (Phi) is 5.96. The summed E-state index contributed by atoms with van der Waals surface area (Å²) in [4.78, 5) is 4.11. The van der Waals surface area contributed by atoms with Gasteiger partial charge >= 0.3 is 0 Å². The van der Waals surface area contributed by atoms with Crippen LogP contribution < -0.4 is 9.47 Å². The zero-order valence-corrected chi connectivity index (χ0v) is 14.9. The number of hydrogen-bond acceptors (Lipinski definition) is 3. The predicted molar refractivity (Wildman–Crippen MR) is 99.4 cm³/mol. The molecule has 0 aliphatic rings. The average Bonchev–Trinajstić information content (AvgIpc) is 3.14. The molecule has 3 aromatic rings. The van der Waals surface area contributed by atoms with Gasteiger partial charge in [0.15, 0.2) is 11.5 Å². The molecule has 1 heterocycles. The third-order valence-electron chi connectivity index (χ3n) is 4.00. The fourth-order valence-electron chi connectivity index (χ4n) is 2.69. The molecule has 25 heavy (non-hydrogen) atoms. The number of para-hydroxylation sites is 2. The maximum Gasteiger partial charge on any atom is 0.161 e. The van der Waals surface area contributed by atoms with Gasteiger partial charge < -0.3 is 14.0 Å². The molecule has 3 rings (SSSR count). The van der Waals surface area contributed by atoms with Gasteiger partial charge in [0.1, 0.15) is 6.10 Å². The van der Waals surface area contributed by atoms with E-state index in [1.807, 2.05) is 47.2 Å². The summed E-state index contributed by atoms with van der Waals surface area (Å²) in [7, 11) is 1.65. The van der Waals surface area contributed by atoms with E-state index in [9.17, 15) is 0 Å². The lowest BCUT2D eigenvalue weighted by Gasteiger charge is -2.21. The van der Waals surface area contributed by atoms with Crippen molar-refractivity contribution in [2.24, 2.45) is 0 Å². The van der Waals surface area contributed by atoms with Crippen LogP contribution in [0.25, 0.3) is 0 Å². The summed E-state index contributed by atoms with van der Waals surface area (Å²) in [5, 5.41) is 0.754. The molecule has 0 saturated carbocycles. The van der Waals surface area contributed by atoms with Crippen molar-refractivity contribution < 1.29 is 9.47 Å². The summed E-state index contributed by atoms with van der Waals surface area (Å²) in [6, 6.07) is 15.7. The minimum atomic E-state index is 0.00109. The Labute approximate surface area is 153 Å². The highest BCUT2D eigenvalue weighted by Crippen LogP contribution is 2.28. The van der Waals surface area contributed by atoms with Gasteiger partial charge in [-0.05, 0) is 42.7 Å². The van der Waals surface area contributed by atoms with Gasteiger partial charge in [-0.2, -0.15) is 0 Å². The van der Waals surface area contributed by atoms with Gasteiger partial charge in [0.2, 0.25) is 0 Å². The molecule has 0 saturated heterocycles. The minimum absolute atomic E-state index is 0.00109. The molecule has 0 amide bonds. The third kappa shape index (κ3) is 5.00. The van der Waals surface area contributed by atoms with Gasteiger partial charge in [-0.1, -0.05) is 35.9 Å². The number of benzene rings is 2. The molecule has 0 spiro atoms. The molecule has 5 heteroatoms. The van der Waals surface area contributed by atoms with Crippen LogP contribution in [0.2, 0.25) is 5.02 Å². The van der Waals surface area contributed by atoms with Gasteiger partial charge in [0.05, 0.1) is 20.0 Å². The number of aromatic nitrogens is 2. The number of hydrogen-bond donors (Lipinski definition) is 0. The second kappa shape index (κ2) is 8.58. The van der Waals surface area contributed by atoms with Crippen LogP contribution in [-0.4, -0.2) is 22.8 Å². The Morgan fingerprint density at radius 2 is 1.84 bits per heavy atom. The van der Waals surface area contributed by atoms with Crippen molar-refractivity contribution in [1.82, 2.24) is 9.55 Å². The van der Waals surface area contributed by atoms with Crippen LogP contribution >= 0.6 is 11.6 Å². The van der Waals surface area contributed by atoms with E-state index < -0.39 is 0 Å². The first-order valence-corrected chi connectivity index (χ1v) is 8.62. The van der Waals surface area contributed by atoms with Gasteiger partial charge in [-0.15, -0.1) is 0 Å². The molecular weight excluding hydrogens is 336 g/mol. The monoisotopic (exact) mass is 356 g/mol. The van der Waals surface area contributed by atoms with Crippen molar-refractivity contribution in [1.29, 1.82) is 0 Å². The summed E-state index contributed by atoms with van der Waals surface area (Å²) in [5.74, 6) is 1.50. The molecule has 1 atom stereocenters. The number of ether oxygens (including phenoxy) is 2. The van der Waals surface area contributed by atoms with Gasteiger partial charge in [0, 0.05) is 17.4 Å². The third-order valence-corrected chi connectivity index (χ3v) is 4.26. The Morgan fingerprint density at radius 1 is 1.08 bits per heavy atom. The number of halogens is 1. The molecule has 0 N–H and O–H groups in total. The van der Waals surface area contributed by atoms with Crippen LogP contribution in [0.4, 0.5) is 0 Å².